The number of amides is 2. The molecule has 2 amide bonds. The van der Waals surface area contributed by atoms with Crippen LogP contribution in [0.15, 0.2) is 10.6 Å². The van der Waals surface area contributed by atoms with Gasteiger partial charge in [-0.05, 0) is 13.3 Å². The highest BCUT2D eigenvalue weighted by Gasteiger charge is 2.04. The van der Waals surface area contributed by atoms with Crippen molar-refractivity contribution in [2.45, 2.75) is 13.3 Å². The summed E-state index contributed by atoms with van der Waals surface area (Å²) in [7, 11) is 1.63. The Bertz CT molecular complexity index is 354. The largest absolute Gasteiger partial charge is 0.382 e. The maximum Gasteiger partial charge on any atom is 0.320 e. The van der Waals surface area contributed by atoms with E-state index in [4.69, 9.17) is 14.0 Å². The number of anilines is 1. The molecule has 0 atom stereocenters. The van der Waals surface area contributed by atoms with Gasteiger partial charge in [-0.3, -0.25) is 5.32 Å². The SMILES string of the molecule is COCCOCCCNC(=O)Nc1cc(C)on1. The highest BCUT2D eigenvalue weighted by Crippen LogP contribution is 2.06. The first-order valence-corrected chi connectivity index (χ1v) is 5.77. The van der Waals surface area contributed by atoms with E-state index in [9.17, 15) is 4.79 Å². The van der Waals surface area contributed by atoms with Crippen molar-refractivity contribution in [3.8, 4) is 0 Å². The number of urea groups is 1. The summed E-state index contributed by atoms with van der Waals surface area (Å²) < 4.78 is 14.9. The highest BCUT2D eigenvalue weighted by molar-refractivity contribution is 5.88. The molecule has 0 aromatic carbocycles. The average molecular weight is 257 g/mol. The minimum absolute atomic E-state index is 0.305. The summed E-state index contributed by atoms with van der Waals surface area (Å²) in [4.78, 5) is 11.4. The second-order valence-electron chi connectivity index (χ2n) is 3.66. The lowest BCUT2D eigenvalue weighted by Gasteiger charge is -2.05. The predicted molar refractivity (Wildman–Crippen MR) is 65.6 cm³/mol. The van der Waals surface area contributed by atoms with Gasteiger partial charge in [-0.1, -0.05) is 5.16 Å². The van der Waals surface area contributed by atoms with E-state index in [2.05, 4.69) is 15.8 Å². The number of nitrogens with zero attached hydrogens (tertiary/aromatic N) is 1. The molecule has 2 N–H and O–H groups in total. The summed E-state index contributed by atoms with van der Waals surface area (Å²) in [6, 6.07) is 1.34. The summed E-state index contributed by atoms with van der Waals surface area (Å²) in [6.45, 7) is 4.04. The number of hydrogen-bond donors (Lipinski definition) is 2. The molecule has 7 heteroatoms. The van der Waals surface area contributed by atoms with Crippen molar-refractivity contribution in [3.63, 3.8) is 0 Å². The molecule has 7 nitrogen and oxygen atoms in total. The molecule has 18 heavy (non-hydrogen) atoms. The summed E-state index contributed by atoms with van der Waals surface area (Å²) in [6.07, 6.45) is 0.745. The van der Waals surface area contributed by atoms with Gasteiger partial charge < -0.3 is 19.3 Å². The molecule has 0 saturated carbocycles. The van der Waals surface area contributed by atoms with Crippen molar-refractivity contribution in [2.75, 3.05) is 38.8 Å². The first-order valence-electron chi connectivity index (χ1n) is 5.77. The van der Waals surface area contributed by atoms with Crippen LogP contribution < -0.4 is 10.6 Å². The summed E-state index contributed by atoms with van der Waals surface area (Å²) in [5.74, 6) is 1.05. The molecule has 0 saturated heterocycles. The van der Waals surface area contributed by atoms with Gasteiger partial charge in [-0.15, -0.1) is 0 Å². The van der Waals surface area contributed by atoms with E-state index in [0.717, 1.165) is 6.42 Å². The molecule has 0 fully saturated rings. The molecule has 0 unspecified atom stereocenters. The molecule has 1 aromatic heterocycles. The molecule has 0 spiro atoms. The normalized spacial score (nSPS) is 10.3. The molecular formula is C11H19N3O4. The fraction of sp³-hybridized carbons (Fsp3) is 0.636. The minimum atomic E-state index is -0.305. The summed E-state index contributed by atoms with van der Waals surface area (Å²) in [5, 5.41) is 8.89. The third-order valence-corrected chi connectivity index (χ3v) is 2.05. The molecule has 1 rings (SSSR count). The lowest BCUT2D eigenvalue weighted by molar-refractivity contribution is 0.0697. The topological polar surface area (TPSA) is 85.6 Å². The van der Waals surface area contributed by atoms with Crippen molar-refractivity contribution in [1.29, 1.82) is 0 Å². The van der Waals surface area contributed by atoms with Crippen LogP contribution in [0.5, 0.6) is 0 Å². The Kier molecular flexibility index (Phi) is 6.82. The maximum absolute atomic E-state index is 11.4. The Hall–Kier alpha value is -1.60. The first kappa shape index (κ1) is 14.5. The second kappa shape index (κ2) is 8.48. The summed E-state index contributed by atoms with van der Waals surface area (Å²) in [5.41, 5.74) is 0. The Labute approximate surface area is 106 Å². The number of rotatable bonds is 8. The number of nitrogens with one attached hydrogen (secondary N) is 2. The molecule has 0 aliphatic heterocycles. The third-order valence-electron chi connectivity index (χ3n) is 2.05. The highest BCUT2D eigenvalue weighted by atomic mass is 16.5. The fourth-order valence-corrected chi connectivity index (χ4v) is 1.21. The van der Waals surface area contributed by atoms with Gasteiger partial charge in [0, 0.05) is 26.3 Å². The van der Waals surface area contributed by atoms with E-state index < -0.39 is 0 Å². The van der Waals surface area contributed by atoms with Gasteiger partial charge in [0.1, 0.15) is 5.76 Å². The standard InChI is InChI=1S/C11H19N3O4/c1-9-8-10(14-18-9)13-11(15)12-4-3-5-17-7-6-16-2/h8H,3-7H2,1-2H3,(H2,12,13,14,15). The van der Waals surface area contributed by atoms with E-state index in [-0.39, 0.29) is 6.03 Å². The fourth-order valence-electron chi connectivity index (χ4n) is 1.21. The van der Waals surface area contributed by atoms with Crippen LogP contribution >= 0.6 is 0 Å². The zero-order valence-electron chi connectivity index (χ0n) is 10.7. The van der Waals surface area contributed by atoms with Crippen LogP contribution in [-0.2, 0) is 9.47 Å². The van der Waals surface area contributed by atoms with Gasteiger partial charge in [-0.2, -0.15) is 0 Å². The average Bonchev–Trinajstić information content (AvgIpc) is 2.73. The first-order chi connectivity index (χ1) is 8.72. The monoisotopic (exact) mass is 257 g/mol. The Morgan fingerprint density at radius 1 is 1.44 bits per heavy atom. The lowest BCUT2D eigenvalue weighted by atomic mass is 10.4. The molecule has 1 heterocycles. The van der Waals surface area contributed by atoms with E-state index in [1.165, 1.54) is 0 Å². The quantitative estimate of drug-likeness (QED) is 0.682. The predicted octanol–water partition coefficient (Wildman–Crippen LogP) is 1.16. The zero-order chi connectivity index (χ0) is 13.2. The number of aryl methyl sites for hydroxylation is 1. The van der Waals surface area contributed by atoms with Gasteiger partial charge >= 0.3 is 6.03 Å². The Morgan fingerprint density at radius 3 is 2.94 bits per heavy atom. The second-order valence-corrected chi connectivity index (χ2v) is 3.66. The van der Waals surface area contributed by atoms with Crippen LogP contribution in [0.4, 0.5) is 10.6 Å². The molecular weight excluding hydrogens is 238 g/mol. The number of carbonyl (C=O) groups is 1. The number of methoxy groups -OCH3 is 1. The molecule has 0 aliphatic rings. The number of carbonyl (C=O) groups excluding carboxylic acids is 1. The molecule has 1 aromatic rings. The molecule has 0 bridgehead atoms. The Morgan fingerprint density at radius 2 is 2.28 bits per heavy atom. The van der Waals surface area contributed by atoms with Gasteiger partial charge in [0.2, 0.25) is 0 Å². The van der Waals surface area contributed by atoms with Crippen molar-refractivity contribution >= 4 is 11.8 Å². The van der Waals surface area contributed by atoms with E-state index in [1.54, 1.807) is 20.1 Å². The van der Waals surface area contributed by atoms with E-state index >= 15 is 0 Å². The van der Waals surface area contributed by atoms with Crippen molar-refractivity contribution in [2.24, 2.45) is 0 Å². The minimum Gasteiger partial charge on any atom is -0.382 e. The van der Waals surface area contributed by atoms with Crippen LogP contribution in [0, 0.1) is 6.92 Å². The number of aromatic nitrogens is 1. The van der Waals surface area contributed by atoms with E-state index in [0.29, 0.717) is 37.9 Å². The van der Waals surface area contributed by atoms with E-state index in [1.807, 2.05) is 0 Å². The van der Waals surface area contributed by atoms with Crippen molar-refractivity contribution in [3.05, 3.63) is 11.8 Å². The van der Waals surface area contributed by atoms with Crippen LogP contribution in [0.1, 0.15) is 12.2 Å². The molecule has 0 aliphatic carbocycles. The maximum atomic E-state index is 11.4. The van der Waals surface area contributed by atoms with Crippen LogP contribution in [0.3, 0.4) is 0 Å². The van der Waals surface area contributed by atoms with Gasteiger partial charge in [0.25, 0.3) is 0 Å². The number of ether oxygens (including phenoxy) is 2. The van der Waals surface area contributed by atoms with Gasteiger partial charge in [0.15, 0.2) is 5.82 Å². The van der Waals surface area contributed by atoms with Crippen molar-refractivity contribution in [1.82, 2.24) is 10.5 Å². The van der Waals surface area contributed by atoms with Gasteiger partial charge in [-0.25, -0.2) is 4.79 Å². The van der Waals surface area contributed by atoms with Crippen LogP contribution in [0.25, 0.3) is 0 Å². The molecule has 0 radical (unpaired) electrons. The van der Waals surface area contributed by atoms with Crippen LogP contribution in [0.2, 0.25) is 0 Å². The number of hydrogen-bond acceptors (Lipinski definition) is 5. The smallest absolute Gasteiger partial charge is 0.320 e. The van der Waals surface area contributed by atoms with Crippen LogP contribution in [-0.4, -0.2) is 44.7 Å². The van der Waals surface area contributed by atoms with Gasteiger partial charge in [0.05, 0.1) is 13.2 Å². The third kappa shape index (κ3) is 6.21. The molecule has 102 valence electrons. The Balaban J connectivity index is 2.00. The lowest BCUT2D eigenvalue weighted by Crippen LogP contribution is -2.30. The summed E-state index contributed by atoms with van der Waals surface area (Å²) >= 11 is 0. The zero-order valence-corrected chi connectivity index (χ0v) is 10.7. The van der Waals surface area contributed by atoms with Crippen molar-refractivity contribution < 1.29 is 18.8 Å².